The van der Waals surface area contributed by atoms with Crippen molar-refractivity contribution < 1.29 is 18.6 Å². The van der Waals surface area contributed by atoms with Gasteiger partial charge in [-0.2, -0.15) is 8.42 Å². The smallest absolute Gasteiger partial charge is 0.327 e. The van der Waals surface area contributed by atoms with E-state index < -0.39 is 10.2 Å². The van der Waals surface area contributed by atoms with Gasteiger partial charge in [-0.25, -0.2) is 4.31 Å². The van der Waals surface area contributed by atoms with Crippen molar-refractivity contribution in [2.45, 2.75) is 13.3 Å². The van der Waals surface area contributed by atoms with Crippen LogP contribution in [0.25, 0.3) is 0 Å². The van der Waals surface area contributed by atoms with Gasteiger partial charge in [0, 0.05) is 18.8 Å². The minimum absolute atomic E-state index is 0.147. The summed E-state index contributed by atoms with van der Waals surface area (Å²) in [4.78, 5) is 0. The van der Waals surface area contributed by atoms with Crippen LogP contribution in [0.15, 0.2) is 48.8 Å². The highest BCUT2D eigenvalue weighted by molar-refractivity contribution is 7.91. The van der Waals surface area contributed by atoms with Crippen molar-refractivity contribution in [1.82, 2.24) is 4.72 Å². The van der Waals surface area contributed by atoms with Crippen molar-refractivity contribution in [2.24, 2.45) is 0 Å². The minimum Gasteiger partial charge on any atom is -0.508 e. The Hall–Kier alpha value is -2.67. The maximum atomic E-state index is 11.8. The Labute approximate surface area is 134 Å². The van der Waals surface area contributed by atoms with Crippen molar-refractivity contribution in [1.29, 1.82) is 0 Å². The summed E-state index contributed by atoms with van der Waals surface area (Å²) in [6.45, 7) is 1.93. The van der Waals surface area contributed by atoms with Crippen LogP contribution in [0.1, 0.15) is 16.7 Å². The van der Waals surface area contributed by atoms with Gasteiger partial charge in [-0.05, 0) is 36.2 Å². The van der Waals surface area contributed by atoms with Crippen LogP contribution in [0.5, 0.6) is 11.5 Å². The molecular weight excluding hydrogens is 316 g/mol. The summed E-state index contributed by atoms with van der Waals surface area (Å²) in [6, 6.07) is 10.1. The Balaban J connectivity index is 1.91. The summed E-state index contributed by atoms with van der Waals surface area (Å²) < 4.78 is 26.7. The van der Waals surface area contributed by atoms with E-state index in [-0.39, 0.29) is 17.2 Å². The van der Waals surface area contributed by atoms with Crippen molar-refractivity contribution >= 4 is 15.9 Å². The van der Waals surface area contributed by atoms with E-state index in [2.05, 4.69) is 4.72 Å². The Morgan fingerprint density at radius 2 is 1.87 bits per heavy atom. The third-order valence-corrected chi connectivity index (χ3v) is 4.86. The number of hydrogen-bond acceptors (Lipinski definition) is 4. The number of rotatable bonds is 3. The van der Waals surface area contributed by atoms with Crippen LogP contribution in [-0.4, -0.2) is 18.6 Å². The lowest BCUT2D eigenvalue weighted by Gasteiger charge is -2.16. The third-order valence-electron chi connectivity index (χ3n) is 3.59. The van der Waals surface area contributed by atoms with Crippen LogP contribution in [0.3, 0.4) is 0 Å². The molecule has 1 aliphatic heterocycles. The van der Waals surface area contributed by atoms with Crippen molar-refractivity contribution in [2.75, 3.05) is 4.31 Å². The predicted molar refractivity (Wildman–Crippen MR) is 87.4 cm³/mol. The number of phenols is 2. The molecule has 2 aromatic rings. The molecule has 0 unspecified atom stereocenters. The Morgan fingerprint density at radius 1 is 1.09 bits per heavy atom. The molecule has 0 radical (unpaired) electrons. The van der Waals surface area contributed by atoms with Gasteiger partial charge in [0.2, 0.25) is 0 Å². The fourth-order valence-corrected chi connectivity index (χ4v) is 3.45. The SMILES string of the molecule is Cc1ccc(O)c(Cc2ccc(N3C=CNS3(=O)=O)c(O)c2)c1. The maximum Gasteiger partial charge on any atom is 0.327 e. The number of phenolic OH excluding ortho intramolecular Hbond substituents is 2. The first-order chi connectivity index (χ1) is 10.9. The lowest BCUT2D eigenvalue weighted by Crippen LogP contribution is -2.28. The molecular formula is C16H16N2O4S. The van der Waals surface area contributed by atoms with Crippen molar-refractivity contribution in [3.8, 4) is 11.5 Å². The fraction of sp³-hybridized carbons (Fsp3) is 0.125. The number of benzene rings is 2. The van der Waals surface area contributed by atoms with Crippen LogP contribution in [0, 0.1) is 6.92 Å². The molecule has 0 bridgehead atoms. The molecule has 0 saturated carbocycles. The largest absolute Gasteiger partial charge is 0.508 e. The van der Waals surface area contributed by atoms with Gasteiger partial charge < -0.3 is 10.2 Å². The number of nitrogens with zero attached hydrogens (tertiary/aromatic N) is 1. The van der Waals surface area contributed by atoms with Crippen LogP contribution in [-0.2, 0) is 16.6 Å². The molecule has 0 spiro atoms. The number of aryl methyl sites for hydroxylation is 1. The molecule has 7 heteroatoms. The maximum absolute atomic E-state index is 11.8. The molecule has 120 valence electrons. The lowest BCUT2D eigenvalue weighted by atomic mass is 10.0. The van der Waals surface area contributed by atoms with E-state index in [0.717, 1.165) is 21.0 Å². The lowest BCUT2D eigenvalue weighted by molar-refractivity contribution is 0.468. The van der Waals surface area contributed by atoms with E-state index in [1.54, 1.807) is 12.1 Å². The molecule has 0 fully saturated rings. The van der Waals surface area contributed by atoms with Crippen LogP contribution in [0.2, 0.25) is 0 Å². The summed E-state index contributed by atoms with van der Waals surface area (Å²) in [6.07, 6.45) is 3.05. The molecule has 2 aromatic carbocycles. The molecule has 1 aliphatic rings. The second kappa shape index (κ2) is 5.51. The highest BCUT2D eigenvalue weighted by Crippen LogP contribution is 2.33. The first-order valence-electron chi connectivity index (χ1n) is 6.95. The topological polar surface area (TPSA) is 89.9 Å². The van der Waals surface area contributed by atoms with E-state index in [4.69, 9.17) is 0 Å². The number of hydrogen-bond donors (Lipinski definition) is 3. The van der Waals surface area contributed by atoms with Gasteiger partial charge in [0.05, 0.1) is 5.69 Å². The van der Waals surface area contributed by atoms with Gasteiger partial charge in [-0.1, -0.05) is 23.8 Å². The Morgan fingerprint density at radius 3 is 2.52 bits per heavy atom. The van der Waals surface area contributed by atoms with Gasteiger partial charge in [0.25, 0.3) is 0 Å². The van der Waals surface area contributed by atoms with E-state index in [1.165, 1.54) is 24.5 Å². The zero-order chi connectivity index (χ0) is 16.6. The zero-order valence-electron chi connectivity index (χ0n) is 12.4. The molecule has 0 aliphatic carbocycles. The average Bonchev–Trinajstić information content (AvgIpc) is 2.83. The number of aromatic hydroxyl groups is 2. The van der Waals surface area contributed by atoms with Gasteiger partial charge in [-0.15, -0.1) is 0 Å². The summed E-state index contributed by atoms with van der Waals surface area (Å²) in [5, 5.41) is 20.0. The standard InChI is InChI=1S/C16H16N2O4S/c1-11-2-5-15(19)13(8-11)9-12-3-4-14(16(20)10-12)18-7-6-17-23(18,21)22/h2-8,10,17,19-20H,9H2,1H3. The van der Waals surface area contributed by atoms with Gasteiger partial charge >= 0.3 is 10.2 Å². The molecule has 0 aromatic heterocycles. The second-order valence-corrected chi connectivity index (χ2v) is 6.95. The quantitative estimate of drug-likeness (QED) is 0.803. The summed E-state index contributed by atoms with van der Waals surface area (Å²) >= 11 is 0. The first-order valence-corrected chi connectivity index (χ1v) is 8.39. The molecule has 23 heavy (non-hydrogen) atoms. The normalized spacial score (nSPS) is 15.6. The summed E-state index contributed by atoms with van der Waals surface area (Å²) in [7, 11) is -3.67. The highest BCUT2D eigenvalue weighted by Gasteiger charge is 2.25. The molecule has 0 saturated heterocycles. The Kier molecular flexibility index (Phi) is 3.65. The molecule has 3 rings (SSSR count). The molecule has 3 N–H and O–H groups in total. The van der Waals surface area contributed by atoms with Crippen molar-refractivity contribution in [3.05, 3.63) is 65.5 Å². The average molecular weight is 332 g/mol. The predicted octanol–water partition coefficient (Wildman–Crippen LogP) is 2.12. The van der Waals surface area contributed by atoms with E-state index in [1.807, 2.05) is 19.1 Å². The van der Waals surface area contributed by atoms with Gasteiger partial charge in [-0.3, -0.25) is 4.72 Å². The Bertz CT molecular complexity index is 891. The third kappa shape index (κ3) is 2.95. The minimum atomic E-state index is -3.67. The zero-order valence-corrected chi connectivity index (χ0v) is 13.2. The van der Waals surface area contributed by atoms with E-state index in [0.29, 0.717) is 6.42 Å². The molecule has 0 atom stereocenters. The molecule has 0 amide bonds. The van der Waals surface area contributed by atoms with Crippen LogP contribution >= 0.6 is 0 Å². The van der Waals surface area contributed by atoms with Crippen LogP contribution in [0.4, 0.5) is 5.69 Å². The van der Waals surface area contributed by atoms with Crippen LogP contribution < -0.4 is 9.03 Å². The molecule has 6 nitrogen and oxygen atoms in total. The molecule has 1 heterocycles. The summed E-state index contributed by atoms with van der Waals surface area (Å²) in [5.74, 6) is 0.0417. The fourth-order valence-electron chi connectivity index (χ4n) is 2.47. The van der Waals surface area contributed by atoms with E-state index >= 15 is 0 Å². The number of anilines is 1. The van der Waals surface area contributed by atoms with Gasteiger partial charge in [0.15, 0.2) is 0 Å². The van der Waals surface area contributed by atoms with Gasteiger partial charge in [0.1, 0.15) is 11.5 Å². The second-order valence-electron chi connectivity index (χ2n) is 5.37. The van der Waals surface area contributed by atoms with Crippen molar-refractivity contribution in [3.63, 3.8) is 0 Å². The number of nitrogens with one attached hydrogen (secondary N) is 1. The highest BCUT2D eigenvalue weighted by atomic mass is 32.2. The monoisotopic (exact) mass is 332 g/mol. The summed E-state index contributed by atoms with van der Waals surface area (Å²) in [5.41, 5.74) is 2.70. The van der Waals surface area contributed by atoms with E-state index in [9.17, 15) is 18.6 Å². The first kappa shape index (κ1) is 15.2.